The lowest BCUT2D eigenvalue weighted by Gasteiger charge is -2.27. The fraction of sp³-hybridized carbons (Fsp3) is 0.622. The number of rotatable bonds is 31. The molecule has 3 amide bonds. The lowest BCUT2D eigenvalue weighted by molar-refractivity contribution is -0.145. The van der Waals surface area contributed by atoms with Crippen LogP contribution in [-0.2, 0) is 47.6 Å². The Morgan fingerprint density at radius 2 is 1.31 bits per heavy atom. The van der Waals surface area contributed by atoms with E-state index >= 15 is 0 Å². The van der Waals surface area contributed by atoms with Crippen LogP contribution in [-0.4, -0.2) is 94.1 Å². The molecule has 0 bridgehead atoms. The molecule has 2 aromatic carbocycles. The Morgan fingerprint density at radius 1 is 0.776 bits per heavy atom. The number of carbonyl (C=O) groups is 4. The summed E-state index contributed by atoms with van der Waals surface area (Å²) in [7, 11) is 0.308. The molecular formula is C45H71N5O7S. The number of amides is 3. The summed E-state index contributed by atoms with van der Waals surface area (Å²) in [5.74, 6) is -1.61. The van der Waals surface area contributed by atoms with Crippen molar-refractivity contribution in [1.82, 2.24) is 15.5 Å². The Kier molecular flexibility index (Phi) is 25.7. The van der Waals surface area contributed by atoms with Gasteiger partial charge in [0.1, 0.15) is 23.9 Å². The highest BCUT2D eigenvalue weighted by Gasteiger charge is 2.31. The molecule has 0 saturated carbocycles. The third-order valence-electron chi connectivity index (χ3n) is 10.0. The lowest BCUT2D eigenvalue weighted by Crippen LogP contribution is -2.56. The normalized spacial score (nSPS) is 13.6. The molecule has 2 rings (SSSR count). The first kappa shape index (κ1) is 49.9. The van der Waals surface area contributed by atoms with Crippen LogP contribution in [0.25, 0.3) is 0 Å². The number of nitrogens with two attached hydrogens (primary N) is 1. The number of nitrogens with zero attached hydrogens (tertiary/aromatic N) is 2. The van der Waals surface area contributed by atoms with Crippen molar-refractivity contribution in [2.45, 2.75) is 148 Å². The minimum Gasteiger partial charge on any atom is -0.508 e. The van der Waals surface area contributed by atoms with Gasteiger partial charge in [0.05, 0.1) is 18.9 Å². The molecule has 0 saturated heterocycles. The second-order valence-corrected chi connectivity index (χ2v) is 16.9. The van der Waals surface area contributed by atoms with E-state index in [2.05, 4.69) is 22.5 Å². The molecule has 0 radical (unpaired) electrons. The predicted molar refractivity (Wildman–Crippen MR) is 234 cm³/mol. The highest BCUT2D eigenvalue weighted by molar-refractivity contribution is 7.84. The van der Waals surface area contributed by atoms with E-state index in [0.717, 1.165) is 24.8 Å². The van der Waals surface area contributed by atoms with Crippen LogP contribution < -0.4 is 16.4 Å². The van der Waals surface area contributed by atoms with Gasteiger partial charge in [0.25, 0.3) is 0 Å². The van der Waals surface area contributed by atoms with Crippen molar-refractivity contribution in [3.05, 3.63) is 65.7 Å². The number of hydrogen-bond donors (Lipinski definition) is 4. The maximum absolute atomic E-state index is 13.9. The Morgan fingerprint density at radius 3 is 1.86 bits per heavy atom. The number of likely N-dealkylation sites (N-methyl/N-ethyl adjacent to an activating group) is 1. The van der Waals surface area contributed by atoms with Crippen LogP contribution in [0.4, 0.5) is 0 Å². The van der Waals surface area contributed by atoms with E-state index in [1.165, 1.54) is 93.9 Å². The minimum absolute atomic E-state index is 0.0113. The van der Waals surface area contributed by atoms with E-state index in [9.17, 15) is 28.5 Å². The van der Waals surface area contributed by atoms with Crippen LogP contribution in [0.1, 0.15) is 128 Å². The number of phenolic OH excluding ortho intramolecular Hbond substituents is 1. The average Bonchev–Trinajstić information content (AvgIpc) is 3.20. The number of hydrogen-bond acceptors (Lipinski definition) is 8. The molecule has 4 atom stereocenters. The van der Waals surface area contributed by atoms with Crippen LogP contribution in [0.15, 0.2) is 59.6 Å². The summed E-state index contributed by atoms with van der Waals surface area (Å²) >= 11 is 0. The zero-order valence-corrected chi connectivity index (χ0v) is 36.4. The highest BCUT2D eigenvalue weighted by Crippen LogP contribution is 2.15. The summed E-state index contributed by atoms with van der Waals surface area (Å²) in [6, 6.07) is 12.4. The summed E-state index contributed by atoms with van der Waals surface area (Å²) in [6.07, 6.45) is 19.3. The van der Waals surface area contributed by atoms with E-state index in [0.29, 0.717) is 12.2 Å². The zero-order valence-electron chi connectivity index (χ0n) is 35.6. The molecule has 0 aromatic heterocycles. The monoisotopic (exact) mass is 826 g/mol. The standard InChI is InChI=1S/C45H71N5O7S/c1-5-6-7-8-9-10-11-12-13-14-15-16-17-21-31-57-42(52)28-30-50(3)45(55)41(34-36-22-19-18-20-23-36)49-43(53)39(29-32-58(4)56)48-44(54)40(47-35(2)46)33-37-24-26-38(51)27-25-37/h18-20,22-27,39-41,51H,5-17,21,28-34H2,1-4H3,(H2,46,47)(H,48,54)(H,49,53)/t39-,40+,41+,58?/m1/s1. The van der Waals surface area contributed by atoms with Crippen LogP contribution in [0.2, 0.25) is 0 Å². The summed E-state index contributed by atoms with van der Waals surface area (Å²) < 4.78 is 17.6. The van der Waals surface area contributed by atoms with Crippen LogP contribution in [0, 0.1) is 0 Å². The van der Waals surface area contributed by atoms with Gasteiger partial charge in [-0.2, -0.15) is 0 Å². The van der Waals surface area contributed by atoms with E-state index in [-0.39, 0.29) is 55.5 Å². The molecule has 1 unspecified atom stereocenters. The number of carbonyl (C=O) groups excluding carboxylic acids is 4. The van der Waals surface area contributed by atoms with Crippen molar-refractivity contribution in [3.8, 4) is 5.75 Å². The molecule has 0 aliphatic heterocycles. The van der Waals surface area contributed by atoms with Gasteiger partial charge in [0.2, 0.25) is 17.7 Å². The van der Waals surface area contributed by atoms with Crippen LogP contribution in [0.3, 0.4) is 0 Å². The second kappa shape index (κ2) is 29.9. The van der Waals surface area contributed by atoms with Gasteiger partial charge in [0, 0.05) is 49.2 Å². The van der Waals surface area contributed by atoms with Gasteiger partial charge in [-0.1, -0.05) is 133 Å². The fourth-order valence-electron chi connectivity index (χ4n) is 6.63. The molecule has 5 N–H and O–H groups in total. The SMILES string of the molecule is CCCCCCCCCCCCCCCCOC(=O)CCN(C)C(=O)[C@H](Cc1ccccc1)NC(=O)[C@@H](CCS(C)=O)NC(=O)[C@H](Cc1ccc(O)cc1)N=C(C)N. The molecular weight excluding hydrogens is 755 g/mol. The first-order valence-electron chi connectivity index (χ1n) is 21.3. The smallest absolute Gasteiger partial charge is 0.307 e. The third kappa shape index (κ3) is 22.6. The van der Waals surface area contributed by atoms with Crippen LogP contribution >= 0.6 is 0 Å². The van der Waals surface area contributed by atoms with E-state index in [1.54, 1.807) is 26.1 Å². The molecule has 0 spiro atoms. The first-order valence-corrected chi connectivity index (χ1v) is 23.0. The maximum Gasteiger partial charge on any atom is 0.307 e. The molecule has 0 aliphatic carbocycles. The van der Waals surface area contributed by atoms with Crippen molar-refractivity contribution < 1.29 is 33.2 Å². The molecule has 2 aromatic rings. The molecule has 12 nitrogen and oxygen atoms in total. The van der Waals surface area contributed by atoms with Gasteiger partial charge in [-0.05, 0) is 43.0 Å². The first-order chi connectivity index (χ1) is 27.9. The van der Waals surface area contributed by atoms with Gasteiger partial charge in [0.15, 0.2) is 0 Å². The summed E-state index contributed by atoms with van der Waals surface area (Å²) in [4.78, 5) is 59.6. The van der Waals surface area contributed by atoms with E-state index in [1.807, 2.05) is 30.3 Å². The molecule has 324 valence electrons. The Labute approximate surface area is 350 Å². The van der Waals surface area contributed by atoms with Gasteiger partial charge in [-0.15, -0.1) is 0 Å². The van der Waals surface area contributed by atoms with Crippen molar-refractivity contribution in [3.63, 3.8) is 0 Å². The average molecular weight is 826 g/mol. The second-order valence-electron chi connectivity index (χ2n) is 15.4. The van der Waals surface area contributed by atoms with E-state index < -0.39 is 46.6 Å². The third-order valence-corrected chi connectivity index (χ3v) is 10.9. The van der Waals surface area contributed by atoms with E-state index in [4.69, 9.17) is 10.5 Å². The fourth-order valence-corrected chi connectivity index (χ4v) is 7.20. The number of benzene rings is 2. The van der Waals surface area contributed by atoms with Crippen LogP contribution in [0.5, 0.6) is 5.75 Å². The number of aromatic hydroxyl groups is 1. The Hall–Kier alpha value is -4.26. The molecule has 0 fully saturated rings. The number of esters is 1. The minimum atomic E-state index is -1.27. The number of ether oxygens (including phenoxy) is 1. The maximum atomic E-state index is 13.9. The molecule has 58 heavy (non-hydrogen) atoms. The molecule has 0 heterocycles. The number of nitrogens with one attached hydrogen (secondary N) is 2. The topological polar surface area (TPSA) is 180 Å². The van der Waals surface area contributed by atoms with Crippen molar-refractivity contribution in [1.29, 1.82) is 0 Å². The Balaban J connectivity index is 1.92. The van der Waals surface area contributed by atoms with Gasteiger partial charge < -0.3 is 31.1 Å². The highest BCUT2D eigenvalue weighted by atomic mass is 32.2. The lowest BCUT2D eigenvalue weighted by atomic mass is 10.0. The molecule has 0 aliphatic rings. The number of phenols is 1. The summed E-state index contributed by atoms with van der Waals surface area (Å²) in [5.41, 5.74) is 7.38. The van der Waals surface area contributed by atoms with Crippen molar-refractivity contribution in [2.75, 3.05) is 32.2 Å². The number of amidine groups is 1. The quantitative estimate of drug-likeness (QED) is 0.0287. The van der Waals surface area contributed by atoms with Gasteiger partial charge in [-0.3, -0.25) is 28.4 Å². The van der Waals surface area contributed by atoms with Crippen molar-refractivity contribution in [2.24, 2.45) is 10.7 Å². The Bertz CT molecular complexity index is 1540. The zero-order chi connectivity index (χ0) is 42.5. The number of unbranched alkanes of at least 4 members (excludes halogenated alkanes) is 13. The molecule has 13 heteroatoms. The van der Waals surface area contributed by atoms with Gasteiger partial charge in [-0.25, -0.2) is 0 Å². The largest absolute Gasteiger partial charge is 0.508 e. The van der Waals surface area contributed by atoms with Crippen molar-refractivity contribution >= 4 is 40.3 Å². The summed E-state index contributed by atoms with van der Waals surface area (Å²) in [6.45, 7) is 4.25. The van der Waals surface area contributed by atoms with Gasteiger partial charge >= 0.3 is 5.97 Å². The predicted octanol–water partition coefficient (Wildman–Crippen LogP) is 6.53. The summed E-state index contributed by atoms with van der Waals surface area (Å²) in [5, 5.41) is 15.3. The number of aliphatic imine (C=N–C) groups is 1.